The first-order valence-corrected chi connectivity index (χ1v) is 6.77. The average Bonchev–Trinajstić information content (AvgIpc) is 2.92. The van der Waals surface area contributed by atoms with Crippen LogP contribution in [0, 0.1) is 0 Å². The van der Waals surface area contributed by atoms with E-state index in [-0.39, 0.29) is 5.91 Å². The summed E-state index contributed by atoms with van der Waals surface area (Å²) in [6.45, 7) is 1.03. The zero-order chi connectivity index (χ0) is 12.4. The average molecular weight is 259 g/mol. The highest BCUT2D eigenvalue weighted by atomic mass is 32.1. The standard InChI is InChI=1S/C13H13N3OS/c17-13(12-7-14-8-18-12)16-10-3-4-11-9(6-10)2-1-5-15-11/h3-4,6-8,15H,1-2,5H2,(H,16,17). The minimum Gasteiger partial charge on any atom is -0.385 e. The number of carbonyl (C=O) groups is 1. The number of nitrogens with one attached hydrogen (secondary N) is 2. The lowest BCUT2D eigenvalue weighted by molar-refractivity contribution is 0.103. The number of carbonyl (C=O) groups excluding carboxylic acids is 1. The van der Waals surface area contributed by atoms with Crippen LogP contribution in [0.1, 0.15) is 21.7 Å². The molecule has 2 aromatic rings. The van der Waals surface area contributed by atoms with Crippen molar-refractivity contribution < 1.29 is 4.79 Å². The maximum absolute atomic E-state index is 11.9. The summed E-state index contributed by atoms with van der Waals surface area (Å²) in [6.07, 6.45) is 3.78. The van der Waals surface area contributed by atoms with Crippen LogP contribution in [0.4, 0.5) is 11.4 Å². The molecule has 18 heavy (non-hydrogen) atoms. The number of nitrogens with zero attached hydrogens (tertiary/aromatic N) is 1. The van der Waals surface area contributed by atoms with Crippen molar-refractivity contribution in [2.24, 2.45) is 0 Å². The Morgan fingerprint density at radius 2 is 2.39 bits per heavy atom. The zero-order valence-corrected chi connectivity index (χ0v) is 10.6. The summed E-state index contributed by atoms with van der Waals surface area (Å²) < 4.78 is 0. The van der Waals surface area contributed by atoms with Crippen LogP contribution in [0.2, 0.25) is 0 Å². The number of aromatic nitrogens is 1. The highest BCUT2D eigenvalue weighted by Gasteiger charge is 2.11. The smallest absolute Gasteiger partial charge is 0.267 e. The second kappa shape index (κ2) is 4.78. The van der Waals surface area contributed by atoms with Crippen molar-refractivity contribution in [1.29, 1.82) is 0 Å². The summed E-state index contributed by atoms with van der Waals surface area (Å²) in [5.74, 6) is -0.0961. The lowest BCUT2D eigenvalue weighted by Crippen LogP contribution is -2.14. The molecule has 0 radical (unpaired) electrons. The van der Waals surface area contributed by atoms with E-state index in [4.69, 9.17) is 0 Å². The van der Waals surface area contributed by atoms with Crippen LogP contribution in [0.3, 0.4) is 0 Å². The number of hydrogen-bond acceptors (Lipinski definition) is 4. The van der Waals surface area contributed by atoms with Gasteiger partial charge in [0.05, 0.1) is 11.7 Å². The number of aryl methyl sites for hydroxylation is 1. The van der Waals surface area contributed by atoms with E-state index < -0.39 is 0 Å². The van der Waals surface area contributed by atoms with E-state index in [9.17, 15) is 4.79 Å². The van der Waals surface area contributed by atoms with Crippen molar-refractivity contribution in [2.45, 2.75) is 12.8 Å². The van der Waals surface area contributed by atoms with Crippen molar-refractivity contribution in [1.82, 2.24) is 4.98 Å². The fraction of sp³-hybridized carbons (Fsp3) is 0.231. The molecule has 1 aliphatic rings. The summed E-state index contributed by atoms with van der Waals surface area (Å²) in [5, 5.41) is 6.25. The van der Waals surface area contributed by atoms with Crippen LogP contribution in [-0.4, -0.2) is 17.4 Å². The Labute approximate surface area is 109 Å². The van der Waals surface area contributed by atoms with Gasteiger partial charge in [0.15, 0.2) is 0 Å². The van der Waals surface area contributed by atoms with Crippen molar-refractivity contribution in [2.75, 3.05) is 17.2 Å². The molecule has 0 atom stereocenters. The Morgan fingerprint density at radius 3 is 3.22 bits per heavy atom. The zero-order valence-electron chi connectivity index (χ0n) is 9.77. The van der Waals surface area contributed by atoms with Gasteiger partial charge >= 0.3 is 0 Å². The normalized spacial score (nSPS) is 13.6. The van der Waals surface area contributed by atoms with E-state index in [1.165, 1.54) is 22.6 Å². The molecule has 1 aromatic carbocycles. The molecule has 1 amide bonds. The summed E-state index contributed by atoms with van der Waals surface area (Å²) >= 11 is 1.34. The van der Waals surface area contributed by atoms with E-state index in [2.05, 4.69) is 15.6 Å². The molecule has 0 fully saturated rings. The Bertz CT molecular complexity index is 566. The van der Waals surface area contributed by atoms with Crippen molar-refractivity contribution in [3.63, 3.8) is 0 Å². The Morgan fingerprint density at radius 1 is 1.44 bits per heavy atom. The molecule has 0 saturated carbocycles. The van der Waals surface area contributed by atoms with Gasteiger partial charge in [-0.05, 0) is 36.6 Å². The minimum absolute atomic E-state index is 0.0961. The summed E-state index contributed by atoms with van der Waals surface area (Å²) in [5.41, 5.74) is 4.95. The molecular formula is C13H13N3OS. The number of amides is 1. The van der Waals surface area contributed by atoms with Gasteiger partial charge in [-0.3, -0.25) is 9.78 Å². The Balaban J connectivity index is 1.79. The van der Waals surface area contributed by atoms with E-state index >= 15 is 0 Å². The van der Waals surface area contributed by atoms with E-state index in [0.29, 0.717) is 4.88 Å². The quantitative estimate of drug-likeness (QED) is 0.872. The van der Waals surface area contributed by atoms with Crippen LogP contribution >= 0.6 is 11.3 Å². The van der Waals surface area contributed by atoms with Crippen LogP contribution in [0.25, 0.3) is 0 Å². The van der Waals surface area contributed by atoms with Crippen LogP contribution in [0.15, 0.2) is 29.9 Å². The third-order valence-electron chi connectivity index (χ3n) is 2.96. The molecule has 0 spiro atoms. The SMILES string of the molecule is O=C(Nc1ccc2c(c1)CCCN2)c1cncs1. The molecule has 0 bridgehead atoms. The monoisotopic (exact) mass is 259 g/mol. The molecule has 92 valence electrons. The topological polar surface area (TPSA) is 54.0 Å². The lowest BCUT2D eigenvalue weighted by Gasteiger charge is -2.18. The van der Waals surface area contributed by atoms with E-state index in [1.807, 2.05) is 18.2 Å². The molecule has 0 aliphatic carbocycles. The molecule has 3 rings (SSSR count). The molecule has 2 N–H and O–H groups in total. The molecule has 0 unspecified atom stereocenters. The lowest BCUT2D eigenvalue weighted by atomic mass is 10.0. The largest absolute Gasteiger partial charge is 0.385 e. The highest BCUT2D eigenvalue weighted by molar-refractivity contribution is 7.11. The Kier molecular flexibility index (Phi) is 2.98. The highest BCUT2D eigenvalue weighted by Crippen LogP contribution is 2.25. The van der Waals surface area contributed by atoms with Gasteiger partial charge in [0.1, 0.15) is 4.88 Å². The maximum atomic E-state index is 11.9. The third kappa shape index (κ3) is 2.22. The molecule has 4 nitrogen and oxygen atoms in total. The fourth-order valence-electron chi connectivity index (χ4n) is 2.07. The molecule has 1 aliphatic heterocycles. The van der Waals surface area contributed by atoms with Gasteiger partial charge in [-0.2, -0.15) is 0 Å². The number of benzene rings is 1. The first-order valence-electron chi connectivity index (χ1n) is 5.89. The van der Waals surface area contributed by atoms with Crippen molar-refractivity contribution in [3.05, 3.63) is 40.3 Å². The fourth-order valence-corrected chi connectivity index (χ4v) is 2.59. The van der Waals surface area contributed by atoms with Crippen LogP contribution in [0.5, 0.6) is 0 Å². The van der Waals surface area contributed by atoms with Crippen molar-refractivity contribution in [3.8, 4) is 0 Å². The summed E-state index contributed by atoms with van der Waals surface area (Å²) in [4.78, 5) is 16.4. The first kappa shape index (κ1) is 11.2. The van der Waals surface area contributed by atoms with Crippen LogP contribution in [-0.2, 0) is 6.42 Å². The van der Waals surface area contributed by atoms with Crippen molar-refractivity contribution >= 4 is 28.6 Å². The number of thiazole rings is 1. The van der Waals surface area contributed by atoms with Gasteiger partial charge in [-0.25, -0.2) is 0 Å². The molecular weight excluding hydrogens is 246 g/mol. The number of fused-ring (bicyclic) bond motifs is 1. The summed E-state index contributed by atoms with van der Waals surface area (Å²) in [7, 11) is 0. The first-order chi connectivity index (χ1) is 8.83. The van der Waals surface area contributed by atoms with E-state index in [0.717, 1.165) is 25.1 Å². The predicted octanol–water partition coefficient (Wildman–Crippen LogP) is 2.75. The predicted molar refractivity (Wildman–Crippen MR) is 73.3 cm³/mol. The van der Waals surface area contributed by atoms with Gasteiger partial charge < -0.3 is 10.6 Å². The number of anilines is 2. The van der Waals surface area contributed by atoms with Gasteiger partial charge in [-0.15, -0.1) is 11.3 Å². The Hall–Kier alpha value is -1.88. The molecule has 5 heteroatoms. The second-order valence-electron chi connectivity index (χ2n) is 4.22. The minimum atomic E-state index is -0.0961. The van der Waals surface area contributed by atoms with Gasteiger partial charge in [0.25, 0.3) is 5.91 Å². The molecule has 1 aromatic heterocycles. The number of rotatable bonds is 2. The van der Waals surface area contributed by atoms with Gasteiger partial charge in [-0.1, -0.05) is 0 Å². The molecule has 2 heterocycles. The van der Waals surface area contributed by atoms with Gasteiger partial charge in [0.2, 0.25) is 0 Å². The van der Waals surface area contributed by atoms with E-state index in [1.54, 1.807) is 11.7 Å². The maximum Gasteiger partial charge on any atom is 0.267 e. The van der Waals surface area contributed by atoms with Crippen LogP contribution < -0.4 is 10.6 Å². The number of hydrogen-bond donors (Lipinski definition) is 2. The van der Waals surface area contributed by atoms with Gasteiger partial charge in [0, 0.05) is 17.9 Å². The molecule has 0 saturated heterocycles. The summed E-state index contributed by atoms with van der Waals surface area (Å²) in [6, 6.07) is 5.99. The third-order valence-corrected chi connectivity index (χ3v) is 3.73. The second-order valence-corrected chi connectivity index (χ2v) is 5.11.